The van der Waals surface area contributed by atoms with Crippen LogP contribution in [0, 0.1) is 11.3 Å². The SMILES string of the molecule is C=C/C=C\C.CC(C)Cn1c2ccc(CCCc3ccc(Nc4ccc(C(C)(C)C)cc4)cc3)cc2c2cc(CCCC(C)(C)C)ccc21. The van der Waals surface area contributed by atoms with Crippen LogP contribution in [-0.4, -0.2) is 4.57 Å². The van der Waals surface area contributed by atoms with Gasteiger partial charge in [-0.05, 0) is 133 Å². The molecular formula is C47H62N2. The number of aryl methyl sites for hydroxylation is 3. The Hall–Kier alpha value is -4.04. The Morgan fingerprint density at radius 1 is 0.673 bits per heavy atom. The van der Waals surface area contributed by atoms with Crippen LogP contribution < -0.4 is 5.32 Å². The molecule has 0 amide bonds. The molecule has 1 N–H and O–H groups in total. The van der Waals surface area contributed by atoms with Crippen LogP contribution >= 0.6 is 0 Å². The second-order valence-electron chi connectivity index (χ2n) is 16.4. The summed E-state index contributed by atoms with van der Waals surface area (Å²) in [6, 6.07) is 32.2. The molecular weight excluding hydrogens is 593 g/mol. The third-order valence-corrected chi connectivity index (χ3v) is 9.19. The van der Waals surface area contributed by atoms with Crippen LogP contribution in [0.3, 0.4) is 0 Å². The minimum Gasteiger partial charge on any atom is -0.356 e. The van der Waals surface area contributed by atoms with Gasteiger partial charge in [-0.2, -0.15) is 0 Å². The fraction of sp³-hybridized carbons (Fsp3) is 0.404. The van der Waals surface area contributed by atoms with E-state index >= 15 is 0 Å². The highest BCUT2D eigenvalue weighted by Crippen LogP contribution is 2.33. The molecule has 1 heterocycles. The molecule has 2 nitrogen and oxygen atoms in total. The Morgan fingerprint density at radius 3 is 1.61 bits per heavy atom. The van der Waals surface area contributed by atoms with E-state index in [4.69, 9.17) is 0 Å². The van der Waals surface area contributed by atoms with Gasteiger partial charge >= 0.3 is 0 Å². The van der Waals surface area contributed by atoms with Gasteiger partial charge in [0.2, 0.25) is 0 Å². The molecule has 0 saturated heterocycles. The minimum atomic E-state index is 0.174. The smallest absolute Gasteiger partial charge is 0.0491 e. The Morgan fingerprint density at radius 2 is 1.16 bits per heavy atom. The number of hydrogen-bond acceptors (Lipinski definition) is 1. The molecule has 0 aliphatic heterocycles. The zero-order valence-corrected chi connectivity index (χ0v) is 32.0. The van der Waals surface area contributed by atoms with Crippen LogP contribution in [0.15, 0.2) is 110 Å². The second kappa shape index (κ2) is 17.1. The third kappa shape index (κ3) is 11.2. The predicted octanol–water partition coefficient (Wildman–Crippen LogP) is 13.8. The Bertz CT molecular complexity index is 1800. The number of rotatable bonds is 12. The molecule has 5 aromatic rings. The number of nitrogens with zero attached hydrogens (tertiary/aromatic N) is 1. The highest BCUT2D eigenvalue weighted by molar-refractivity contribution is 6.08. The third-order valence-electron chi connectivity index (χ3n) is 9.19. The van der Waals surface area contributed by atoms with Gasteiger partial charge in [0, 0.05) is 39.7 Å². The number of fused-ring (bicyclic) bond motifs is 3. The first-order chi connectivity index (χ1) is 23.3. The van der Waals surface area contributed by atoms with Crippen LogP contribution in [0.1, 0.15) is 104 Å². The Labute approximate surface area is 298 Å². The number of aromatic nitrogens is 1. The summed E-state index contributed by atoms with van der Waals surface area (Å²) in [4.78, 5) is 0. The van der Waals surface area contributed by atoms with Gasteiger partial charge in [-0.1, -0.05) is 117 Å². The number of anilines is 2. The topological polar surface area (TPSA) is 17.0 Å². The monoisotopic (exact) mass is 654 g/mol. The molecule has 49 heavy (non-hydrogen) atoms. The molecule has 260 valence electrons. The van der Waals surface area contributed by atoms with Crippen LogP contribution in [0.2, 0.25) is 0 Å². The van der Waals surface area contributed by atoms with Crippen LogP contribution in [0.25, 0.3) is 21.8 Å². The van der Waals surface area contributed by atoms with Crippen molar-refractivity contribution < 1.29 is 0 Å². The van der Waals surface area contributed by atoms with Gasteiger partial charge in [-0.15, -0.1) is 0 Å². The highest BCUT2D eigenvalue weighted by atomic mass is 15.0. The molecule has 2 heteroatoms. The first-order valence-electron chi connectivity index (χ1n) is 18.5. The number of hydrogen-bond donors (Lipinski definition) is 1. The molecule has 0 radical (unpaired) electrons. The fourth-order valence-electron chi connectivity index (χ4n) is 6.50. The highest BCUT2D eigenvalue weighted by Gasteiger charge is 2.15. The van der Waals surface area contributed by atoms with Crippen molar-refractivity contribution in [3.05, 3.63) is 132 Å². The lowest BCUT2D eigenvalue weighted by Gasteiger charge is -2.19. The summed E-state index contributed by atoms with van der Waals surface area (Å²) >= 11 is 0. The molecule has 4 aromatic carbocycles. The van der Waals surface area contributed by atoms with Crippen molar-refractivity contribution >= 4 is 33.2 Å². The second-order valence-corrected chi connectivity index (χ2v) is 16.4. The lowest BCUT2D eigenvalue weighted by molar-refractivity contribution is 0.365. The zero-order valence-electron chi connectivity index (χ0n) is 32.0. The van der Waals surface area contributed by atoms with E-state index in [1.165, 1.54) is 56.9 Å². The lowest BCUT2D eigenvalue weighted by atomic mass is 9.87. The van der Waals surface area contributed by atoms with E-state index in [2.05, 4.69) is 157 Å². The molecule has 0 bridgehead atoms. The zero-order chi connectivity index (χ0) is 35.6. The van der Waals surface area contributed by atoms with Crippen LogP contribution in [0.5, 0.6) is 0 Å². The molecule has 0 aliphatic rings. The average Bonchev–Trinajstić information content (AvgIpc) is 3.33. The van der Waals surface area contributed by atoms with Gasteiger partial charge in [0.25, 0.3) is 0 Å². The van der Waals surface area contributed by atoms with E-state index in [1.54, 1.807) is 6.08 Å². The van der Waals surface area contributed by atoms with Gasteiger partial charge in [0.15, 0.2) is 0 Å². The van der Waals surface area contributed by atoms with E-state index in [0.717, 1.165) is 43.6 Å². The summed E-state index contributed by atoms with van der Waals surface area (Å²) in [5.41, 5.74) is 11.3. The summed E-state index contributed by atoms with van der Waals surface area (Å²) < 4.78 is 2.55. The average molecular weight is 655 g/mol. The molecule has 1 aromatic heterocycles. The van der Waals surface area contributed by atoms with Gasteiger partial charge < -0.3 is 9.88 Å². The van der Waals surface area contributed by atoms with Gasteiger partial charge in [-0.3, -0.25) is 0 Å². The lowest BCUT2D eigenvalue weighted by Crippen LogP contribution is -2.10. The van der Waals surface area contributed by atoms with Gasteiger partial charge in [0.05, 0.1) is 0 Å². The molecule has 0 spiro atoms. The summed E-state index contributed by atoms with van der Waals surface area (Å²) in [7, 11) is 0. The van der Waals surface area contributed by atoms with E-state index < -0.39 is 0 Å². The normalized spacial score (nSPS) is 12.1. The minimum absolute atomic E-state index is 0.174. The number of nitrogens with one attached hydrogen (secondary N) is 1. The van der Waals surface area contributed by atoms with E-state index in [0.29, 0.717) is 11.3 Å². The summed E-state index contributed by atoms with van der Waals surface area (Å²) in [5.74, 6) is 0.607. The fourth-order valence-corrected chi connectivity index (χ4v) is 6.50. The maximum Gasteiger partial charge on any atom is 0.0491 e. The molecule has 5 rings (SSSR count). The number of allylic oxidation sites excluding steroid dienone is 3. The molecule has 0 unspecified atom stereocenters. The van der Waals surface area contributed by atoms with Crippen molar-refractivity contribution in [2.45, 2.75) is 113 Å². The summed E-state index contributed by atoms with van der Waals surface area (Å²) in [6.45, 7) is 24.9. The van der Waals surface area contributed by atoms with Crippen molar-refractivity contribution in [1.82, 2.24) is 4.57 Å². The van der Waals surface area contributed by atoms with Crippen molar-refractivity contribution in [2.24, 2.45) is 11.3 Å². The van der Waals surface area contributed by atoms with Crippen LogP contribution in [0.4, 0.5) is 11.4 Å². The van der Waals surface area contributed by atoms with E-state index in [1.807, 2.05) is 19.1 Å². The van der Waals surface area contributed by atoms with Crippen molar-refractivity contribution in [2.75, 3.05) is 5.32 Å². The van der Waals surface area contributed by atoms with Crippen LogP contribution in [-0.2, 0) is 31.2 Å². The maximum absolute atomic E-state index is 3.56. The first-order valence-corrected chi connectivity index (χ1v) is 18.5. The molecule has 0 atom stereocenters. The quantitative estimate of drug-likeness (QED) is 0.132. The van der Waals surface area contributed by atoms with E-state index in [9.17, 15) is 0 Å². The summed E-state index contributed by atoms with van der Waals surface area (Å²) in [6.07, 6.45) is 12.6. The van der Waals surface area contributed by atoms with Crippen molar-refractivity contribution in [1.29, 1.82) is 0 Å². The molecule has 0 saturated carbocycles. The Kier molecular flexibility index (Phi) is 13.2. The van der Waals surface area contributed by atoms with Gasteiger partial charge in [0.1, 0.15) is 0 Å². The molecule has 0 aliphatic carbocycles. The van der Waals surface area contributed by atoms with Crippen molar-refractivity contribution in [3.8, 4) is 0 Å². The molecule has 0 fully saturated rings. The summed E-state index contributed by atoms with van der Waals surface area (Å²) in [5, 5.41) is 6.40. The van der Waals surface area contributed by atoms with Crippen molar-refractivity contribution in [3.63, 3.8) is 0 Å². The first kappa shape index (κ1) is 37.8. The standard InChI is InChI=1S/C42H54N2.C5H8/c1-30(2)29-44-39-24-16-32(27-37(39)38-28-33(17-25-40(38)44)13-10-26-41(3,4)5)12-9-11-31-14-20-35(21-15-31)43-36-22-18-34(19-23-36)42(6,7)8;1-3-5-4-2/h14-25,27-28,30,43H,9-13,26,29H2,1-8H3;3-5H,1H2,2H3/b;5-4-. The predicted molar refractivity (Wildman–Crippen MR) is 219 cm³/mol. The number of benzene rings is 4. The maximum atomic E-state index is 3.56. The van der Waals surface area contributed by atoms with Gasteiger partial charge in [-0.25, -0.2) is 0 Å². The largest absolute Gasteiger partial charge is 0.356 e. The Balaban J connectivity index is 0.00000101. The van der Waals surface area contributed by atoms with E-state index in [-0.39, 0.29) is 5.41 Å².